The molecule has 88 valence electrons. The molecule has 0 aromatic carbocycles. The number of aliphatic hydroxyl groups is 1. The van der Waals surface area contributed by atoms with Crippen LogP contribution >= 0.6 is 23.2 Å². The highest BCUT2D eigenvalue weighted by Crippen LogP contribution is 2.22. The molecule has 5 heteroatoms. The van der Waals surface area contributed by atoms with E-state index in [1.165, 1.54) is 0 Å². The molecular weight excluding hydrogens is 247 g/mol. The van der Waals surface area contributed by atoms with Crippen LogP contribution in [-0.4, -0.2) is 34.7 Å². The first kappa shape index (κ1) is 12.1. The molecule has 3 nitrogen and oxygen atoms in total. The molecular formula is C11H14Cl2N2O. The summed E-state index contributed by atoms with van der Waals surface area (Å²) in [5.41, 5.74) is 0.990. The fourth-order valence-corrected chi connectivity index (χ4v) is 2.41. The van der Waals surface area contributed by atoms with Gasteiger partial charge in [-0.05, 0) is 24.9 Å². The van der Waals surface area contributed by atoms with E-state index >= 15 is 0 Å². The number of aliphatic hydroxyl groups excluding tert-OH is 1. The molecule has 0 aliphatic carbocycles. The normalized spacial score (nSPS) is 21.6. The zero-order valence-electron chi connectivity index (χ0n) is 8.87. The molecule has 1 unspecified atom stereocenters. The molecule has 1 fully saturated rings. The van der Waals surface area contributed by atoms with Crippen LogP contribution in [-0.2, 0) is 6.54 Å². The van der Waals surface area contributed by atoms with Gasteiger partial charge in [-0.3, -0.25) is 4.90 Å². The summed E-state index contributed by atoms with van der Waals surface area (Å²) < 4.78 is 0. The second-order valence-corrected chi connectivity index (χ2v) is 4.90. The molecule has 1 N–H and O–H groups in total. The quantitative estimate of drug-likeness (QED) is 0.847. The maximum Gasteiger partial charge on any atom is 0.135 e. The summed E-state index contributed by atoms with van der Waals surface area (Å²) >= 11 is 11.7. The lowest BCUT2D eigenvalue weighted by molar-refractivity contribution is 0.220. The lowest BCUT2D eigenvalue weighted by atomic mass is 10.1. The van der Waals surface area contributed by atoms with Crippen LogP contribution < -0.4 is 0 Å². The lowest BCUT2D eigenvalue weighted by Crippen LogP contribution is -2.21. The molecule has 0 amide bonds. The Labute approximate surface area is 105 Å². The molecule has 0 saturated carbocycles. The number of hydrogen-bond donors (Lipinski definition) is 1. The Morgan fingerprint density at radius 1 is 1.44 bits per heavy atom. The second-order valence-electron chi connectivity index (χ2n) is 4.16. The molecule has 0 radical (unpaired) electrons. The van der Waals surface area contributed by atoms with Crippen molar-refractivity contribution in [2.75, 3.05) is 19.7 Å². The summed E-state index contributed by atoms with van der Waals surface area (Å²) in [4.78, 5) is 6.29. The summed E-state index contributed by atoms with van der Waals surface area (Å²) in [6, 6.07) is 3.66. The van der Waals surface area contributed by atoms with Crippen molar-refractivity contribution in [3.63, 3.8) is 0 Å². The predicted molar refractivity (Wildman–Crippen MR) is 64.7 cm³/mol. The third-order valence-electron chi connectivity index (χ3n) is 2.91. The second kappa shape index (κ2) is 5.32. The molecule has 1 saturated heterocycles. The first-order chi connectivity index (χ1) is 7.69. The first-order valence-corrected chi connectivity index (χ1v) is 6.08. The molecule has 1 aromatic heterocycles. The Balaban J connectivity index is 1.99. The van der Waals surface area contributed by atoms with E-state index in [0.717, 1.165) is 31.6 Å². The minimum Gasteiger partial charge on any atom is -0.396 e. The van der Waals surface area contributed by atoms with Crippen molar-refractivity contribution in [3.05, 3.63) is 28.0 Å². The van der Waals surface area contributed by atoms with Gasteiger partial charge in [0.2, 0.25) is 0 Å². The monoisotopic (exact) mass is 260 g/mol. The van der Waals surface area contributed by atoms with Gasteiger partial charge >= 0.3 is 0 Å². The van der Waals surface area contributed by atoms with Gasteiger partial charge in [-0.2, -0.15) is 0 Å². The average Bonchev–Trinajstić information content (AvgIpc) is 2.70. The molecule has 1 aromatic rings. The van der Waals surface area contributed by atoms with E-state index in [1.807, 2.05) is 6.07 Å². The van der Waals surface area contributed by atoms with Gasteiger partial charge in [0.05, 0.1) is 0 Å². The molecule has 1 aliphatic heterocycles. The van der Waals surface area contributed by atoms with E-state index in [2.05, 4.69) is 9.88 Å². The highest BCUT2D eigenvalue weighted by atomic mass is 35.5. The van der Waals surface area contributed by atoms with Crippen LogP contribution in [0.5, 0.6) is 0 Å². The SMILES string of the molecule is OCC1CCN(Cc2ccc(Cl)nc2Cl)C1. The highest BCUT2D eigenvalue weighted by molar-refractivity contribution is 6.32. The van der Waals surface area contributed by atoms with Crippen molar-refractivity contribution in [2.45, 2.75) is 13.0 Å². The van der Waals surface area contributed by atoms with Crippen LogP contribution in [0.2, 0.25) is 10.3 Å². The van der Waals surface area contributed by atoms with E-state index in [-0.39, 0.29) is 6.61 Å². The van der Waals surface area contributed by atoms with E-state index in [9.17, 15) is 0 Å². The largest absolute Gasteiger partial charge is 0.396 e. The van der Waals surface area contributed by atoms with Crippen LogP contribution in [0, 0.1) is 5.92 Å². The summed E-state index contributed by atoms with van der Waals surface area (Å²) in [7, 11) is 0. The maximum atomic E-state index is 9.06. The Morgan fingerprint density at radius 2 is 2.25 bits per heavy atom. The average molecular weight is 261 g/mol. The van der Waals surface area contributed by atoms with Crippen molar-refractivity contribution in [3.8, 4) is 0 Å². The van der Waals surface area contributed by atoms with Crippen molar-refractivity contribution in [1.82, 2.24) is 9.88 Å². The minimum absolute atomic E-state index is 0.267. The zero-order valence-corrected chi connectivity index (χ0v) is 10.4. The van der Waals surface area contributed by atoms with Gasteiger partial charge in [0.25, 0.3) is 0 Å². The van der Waals surface area contributed by atoms with E-state index in [1.54, 1.807) is 6.07 Å². The van der Waals surface area contributed by atoms with Gasteiger partial charge in [-0.1, -0.05) is 29.3 Å². The van der Waals surface area contributed by atoms with Crippen molar-refractivity contribution in [1.29, 1.82) is 0 Å². The summed E-state index contributed by atoms with van der Waals surface area (Å²) in [6.07, 6.45) is 1.05. The van der Waals surface area contributed by atoms with Crippen LogP contribution in [0.1, 0.15) is 12.0 Å². The molecule has 0 spiro atoms. The minimum atomic E-state index is 0.267. The Hall–Kier alpha value is -0.350. The molecule has 1 atom stereocenters. The summed E-state index contributed by atoms with van der Waals surface area (Å²) in [5, 5.41) is 9.95. The van der Waals surface area contributed by atoms with E-state index < -0.39 is 0 Å². The van der Waals surface area contributed by atoms with Gasteiger partial charge < -0.3 is 5.11 Å². The first-order valence-electron chi connectivity index (χ1n) is 5.33. The van der Waals surface area contributed by atoms with Crippen molar-refractivity contribution < 1.29 is 5.11 Å². The van der Waals surface area contributed by atoms with Gasteiger partial charge in [-0.15, -0.1) is 0 Å². The topological polar surface area (TPSA) is 36.4 Å². The smallest absolute Gasteiger partial charge is 0.135 e. The number of pyridine rings is 1. The lowest BCUT2D eigenvalue weighted by Gasteiger charge is -2.16. The summed E-state index contributed by atoms with van der Waals surface area (Å²) in [5.74, 6) is 0.402. The van der Waals surface area contributed by atoms with Gasteiger partial charge in [-0.25, -0.2) is 4.98 Å². The van der Waals surface area contributed by atoms with Crippen LogP contribution in [0.25, 0.3) is 0 Å². The van der Waals surface area contributed by atoms with Crippen LogP contribution in [0.15, 0.2) is 12.1 Å². The molecule has 16 heavy (non-hydrogen) atoms. The third-order valence-corrected chi connectivity index (χ3v) is 3.45. The number of hydrogen-bond acceptors (Lipinski definition) is 3. The molecule has 0 bridgehead atoms. The maximum absolute atomic E-state index is 9.06. The van der Waals surface area contributed by atoms with E-state index in [0.29, 0.717) is 16.2 Å². The highest BCUT2D eigenvalue weighted by Gasteiger charge is 2.22. The summed E-state index contributed by atoms with van der Waals surface area (Å²) in [6.45, 7) is 2.97. The fraction of sp³-hybridized carbons (Fsp3) is 0.545. The Morgan fingerprint density at radius 3 is 2.88 bits per heavy atom. The van der Waals surface area contributed by atoms with Gasteiger partial charge in [0, 0.05) is 25.3 Å². The number of likely N-dealkylation sites (tertiary alicyclic amines) is 1. The van der Waals surface area contributed by atoms with Crippen molar-refractivity contribution in [2.24, 2.45) is 5.92 Å². The zero-order chi connectivity index (χ0) is 11.5. The van der Waals surface area contributed by atoms with Crippen LogP contribution in [0.4, 0.5) is 0 Å². The molecule has 2 heterocycles. The third kappa shape index (κ3) is 2.86. The molecule has 1 aliphatic rings. The number of nitrogens with zero attached hydrogens (tertiary/aromatic N) is 2. The number of halogens is 2. The van der Waals surface area contributed by atoms with Crippen molar-refractivity contribution >= 4 is 23.2 Å². The van der Waals surface area contributed by atoms with Crippen LogP contribution in [0.3, 0.4) is 0 Å². The van der Waals surface area contributed by atoms with Gasteiger partial charge in [0.1, 0.15) is 10.3 Å². The number of aromatic nitrogens is 1. The Kier molecular flexibility index (Phi) is 4.03. The Bertz CT molecular complexity index is 373. The molecule has 2 rings (SSSR count). The van der Waals surface area contributed by atoms with E-state index in [4.69, 9.17) is 28.3 Å². The van der Waals surface area contributed by atoms with Gasteiger partial charge in [0.15, 0.2) is 0 Å². The number of rotatable bonds is 3. The predicted octanol–water partition coefficient (Wildman–Crippen LogP) is 2.20. The standard InChI is InChI=1S/C11H14Cl2N2O/c12-10-2-1-9(11(13)14-10)6-15-4-3-8(5-15)7-16/h1-2,8,16H,3-7H2. The fourth-order valence-electron chi connectivity index (χ4n) is 2.01.